The highest BCUT2D eigenvalue weighted by Gasteiger charge is 2.31. The lowest BCUT2D eigenvalue weighted by molar-refractivity contribution is 0.354. The number of hydrogen-bond donors (Lipinski definition) is 2. The van der Waals surface area contributed by atoms with Gasteiger partial charge in [-0.3, -0.25) is 0 Å². The molecule has 1 unspecified atom stereocenters. The Bertz CT molecular complexity index is 1090. The molecule has 0 aromatic heterocycles. The summed E-state index contributed by atoms with van der Waals surface area (Å²) in [5.41, 5.74) is 5.78. The molecule has 2 aromatic rings. The van der Waals surface area contributed by atoms with E-state index in [0.29, 0.717) is 28.1 Å². The Morgan fingerprint density at radius 3 is 2.19 bits per heavy atom. The van der Waals surface area contributed by atoms with Gasteiger partial charge in [-0.05, 0) is 84.1 Å². The molecule has 0 amide bonds. The monoisotopic (exact) mass is 452 g/mol. The standard InChI is InChI=1S/C25H28N2O4S/c1-28-19-10-8-15(13-21(19)30-3)12-16-6-5-7-18-23(16)26-25(32)27-24(18)17-9-11-20(29-2)22(14-17)31-4/h8-14,24H,5-7H2,1-4H3,(H2,26,27,32). The van der Waals surface area contributed by atoms with Crippen LogP contribution in [0.25, 0.3) is 6.08 Å². The minimum absolute atomic E-state index is 0.0207. The normalized spacial score (nSPS) is 19.1. The predicted octanol–water partition coefficient (Wildman–Crippen LogP) is 4.76. The number of nitrogens with one attached hydrogen (secondary N) is 2. The molecule has 0 bridgehead atoms. The van der Waals surface area contributed by atoms with Crippen molar-refractivity contribution < 1.29 is 18.9 Å². The van der Waals surface area contributed by atoms with E-state index in [1.165, 1.54) is 11.1 Å². The number of thiocarbonyl (C=S) groups is 1. The van der Waals surface area contributed by atoms with Gasteiger partial charge in [0.2, 0.25) is 0 Å². The highest BCUT2D eigenvalue weighted by atomic mass is 32.1. The van der Waals surface area contributed by atoms with Gasteiger partial charge < -0.3 is 29.6 Å². The van der Waals surface area contributed by atoms with Crippen molar-refractivity contribution in [2.45, 2.75) is 25.3 Å². The highest BCUT2D eigenvalue weighted by Crippen LogP contribution is 2.41. The second-order valence-corrected chi connectivity index (χ2v) is 8.09. The van der Waals surface area contributed by atoms with Crippen LogP contribution in [0.4, 0.5) is 0 Å². The van der Waals surface area contributed by atoms with Gasteiger partial charge in [-0.2, -0.15) is 0 Å². The third-order valence-corrected chi connectivity index (χ3v) is 6.11. The summed E-state index contributed by atoms with van der Waals surface area (Å²) in [4.78, 5) is 0. The van der Waals surface area contributed by atoms with Crippen LogP contribution in [0.2, 0.25) is 0 Å². The molecule has 1 aliphatic carbocycles. The summed E-state index contributed by atoms with van der Waals surface area (Å²) < 4.78 is 21.8. The Labute approximate surface area is 194 Å². The number of rotatable bonds is 6. The molecule has 0 saturated carbocycles. The van der Waals surface area contributed by atoms with Crippen LogP contribution in [0, 0.1) is 0 Å². The van der Waals surface area contributed by atoms with Gasteiger partial charge in [-0.1, -0.05) is 12.1 Å². The van der Waals surface area contributed by atoms with Gasteiger partial charge in [0.05, 0.1) is 34.5 Å². The summed E-state index contributed by atoms with van der Waals surface area (Å²) >= 11 is 5.57. The van der Waals surface area contributed by atoms with Crippen molar-refractivity contribution in [2.24, 2.45) is 0 Å². The van der Waals surface area contributed by atoms with Gasteiger partial charge in [-0.15, -0.1) is 0 Å². The van der Waals surface area contributed by atoms with E-state index in [9.17, 15) is 0 Å². The lowest BCUT2D eigenvalue weighted by Gasteiger charge is -2.36. The summed E-state index contributed by atoms with van der Waals surface area (Å²) in [5, 5.41) is 7.47. The molecule has 2 aliphatic rings. The smallest absolute Gasteiger partial charge is 0.171 e. The van der Waals surface area contributed by atoms with Crippen molar-refractivity contribution in [3.05, 3.63) is 64.4 Å². The zero-order valence-corrected chi connectivity index (χ0v) is 19.6. The number of benzene rings is 2. The summed E-state index contributed by atoms with van der Waals surface area (Å²) in [7, 11) is 6.58. The van der Waals surface area contributed by atoms with Crippen LogP contribution in [-0.4, -0.2) is 33.6 Å². The fourth-order valence-corrected chi connectivity index (χ4v) is 4.57. The second kappa shape index (κ2) is 9.53. The molecule has 1 aliphatic heterocycles. The van der Waals surface area contributed by atoms with Gasteiger partial charge in [0, 0.05) is 5.70 Å². The maximum absolute atomic E-state index is 5.57. The van der Waals surface area contributed by atoms with Crippen molar-refractivity contribution in [1.29, 1.82) is 0 Å². The molecule has 0 saturated heterocycles. The molecule has 0 radical (unpaired) electrons. The van der Waals surface area contributed by atoms with E-state index in [1.54, 1.807) is 28.4 Å². The zero-order valence-electron chi connectivity index (χ0n) is 18.8. The average Bonchev–Trinajstić information content (AvgIpc) is 2.83. The van der Waals surface area contributed by atoms with Gasteiger partial charge in [0.25, 0.3) is 0 Å². The molecule has 1 heterocycles. The van der Waals surface area contributed by atoms with E-state index in [0.717, 1.165) is 36.1 Å². The van der Waals surface area contributed by atoms with E-state index >= 15 is 0 Å². The highest BCUT2D eigenvalue weighted by molar-refractivity contribution is 7.80. The first kappa shape index (κ1) is 22.0. The Kier molecular flexibility index (Phi) is 6.55. The quantitative estimate of drug-likeness (QED) is 0.613. The predicted molar refractivity (Wildman–Crippen MR) is 130 cm³/mol. The van der Waals surface area contributed by atoms with Crippen molar-refractivity contribution >= 4 is 23.4 Å². The molecule has 168 valence electrons. The van der Waals surface area contributed by atoms with Crippen molar-refractivity contribution in [3.63, 3.8) is 0 Å². The van der Waals surface area contributed by atoms with Crippen LogP contribution >= 0.6 is 12.2 Å². The van der Waals surface area contributed by atoms with Crippen LogP contribution in [0.3, 0.4) is 0 Å². The van der Waals surface area contributed by atoms with Gasteiger partial charge in [0.15, 0.2) is 28.1 Å². The molecule has 0 fully saturated rings. The van der Waals surface area contributed by atoms with Gasteiger partial charge in [-0.25, -0.2) is 0 Å². The van der Waals surface area contributed by atoms with Gasteiger partial charge in [0.1, 0.15) is 0 Å². The van der Waals surface area contributed by atoms with Crippen LogP contribution in [0.1, 0.15) is 36.4 Å². The fourth-order valence-electron chi connectivity index (χ4n) is 4.35. The van der Waals surface area contributed by atoms with Gasteiger partial charge >= 0.3 is 0 Å². The van der Waals surface area contributed by atoms with E-state index in [-0.39, 0.29) is 6.04 Å². The Balaban J connectivity index is 1.75. The Morgan fingerprint density at radius 2 is 1.50 bits per heavy atom. The molecule has 2 aromatic carbocycles. The van der Waals surface area contributed by atoms with Crippen molar-refractivity contribution in [3.8, 4) is 23.0 Å². The molecule has 32 heavy (non-hydrogen) atoms. The maximum atomic E-state index is 5.57. The van der Waals surface area contributed by atoms with E-state index < -0.39 is 0 Å². The lowest BCUT2D eigenvalue weighted by Crippen LogP contribution is -2.45. The molecule has 7 heteroatoms. The summed E-state index contributed by atoms with van der Waals surface area (Å²) in [6, 6.07) is 11.9. The van der Waals surface area contributed by atoms with E-state index in [1.807, 2.05) is 30.3 Å². The third kappa shape index (κ3) is 4.25. The van der Waals surface area contributed by atoms with E-state index in [2.05, 4.69) is 22.8 Å². The maximum Gasteiger partial charge on any atom is 0.171 e. The topological polar surface area (TPSA) is 61.0 Å². The lowest BCUT2D eigenvalue weighted by atomic mass is 9.83. The minimum Gasteiger partial charge on any atom is -0.493 e. The number of allylic oxidation sites excluding steroid dienone is 1. The van der Waals surface area contributed by atoms with Crippen molar-refractivity contribution in [2.75, 3.05) is 28.4 Å². The summed E-state index contributed by atoms with van der Waals surface area (Å²) in [6.07, 6.45) is 5.22. The summed E-state index contributed by atoms with van der Waals surface area (Å²) in [6.45, 7) is 0. The summed E-state index contributed by atoms with van der Waals surface area (Å²) in [5.74, 6) is 2.84. The second-order valence-electron chi connectivity index (χ2n) is 7.68. The average molecular weight is 453 g/mol. The zero-order chi connectivity index (χ0) is 22.7. The first-order chi connectivity index (χ1) is 15.6. The molecule has 6 nitrogen and oxygen atoms in total. The molecule has 1 atom stereocenters. The van der Waals surface area contributed by atoms with Crippen LogP contribution in [-0.2, 0) is 0 Å². The van der Waals surface area contributed by atoms with Crippen molar-refractivity contribution in [1.82, 2.24) is 10.6 Å². The number of methoxy groups -OCH3 is 4. The van der Waals surface area contributed by atoms with Crippen LogP contribution in [0.5, 0.6) is 23.0 Å². The minimum atomic E-state index is -0.0207. The first-order valence-electron chi connectivity index (χ1n) is 10.5. The SMILES string of the molecule is COc1ccc(C=C2CCCC3=C2NC(=S)NC3c2ccc(OC)c(OC)c2)cc1OC. The first-order valence-corrected chi connectivity index (χ1v) is 10.9. The fraction of sp³-hybridized carbons (Fsp3) is 0.320. The molecule has 4 rings (SSSR count). The van der Waals surface area contributed by atoms with E-state index in [4.69, 9.17) is 31.2 Å². The Morgan fingerprint density at radius 1 is 0.844 bits per heavy atom. The third-order valence-electron chi connectivity index (χ3n) is 5.89. The van der Waals surface area contributed by atoms with Crippen LogP contribution < -0.4 is 29.6 Å². The molecular formula is C25H28N2O4S. The molecular weight excluding hydrogens is 424 g/mol. The molecule has 2 N–H and O–H groups in total. The number of hydrogen-bond acceptors (Lipinski definition) is 5. The Hall–Kier alpha value is -3.19. The van der Waals surface area contributed by atoms with Crippen LogP contribution in [0.15, 0.2) is 53.2 Å². The number of ether oxygens (including phenoxy) is 4. The molecule has 0 spiro atoms. The largest absolute Gasteiger partial charge is 0.493 e.